The van der Waals surface area contributed by atoms with Gasteiger partial charge in [-0.2, -0.15) is 0 Å². The summed E-state index contributed by atoms with van der Waals surface area (Å²) < 4.78 is 5.66. The predicted octanol–water partition coefficient (Wildman–Crippen LogP) is 1.88. The molecule has 2 atom stereocenters. The number of para-hydroxylation sites is 1. The number of hydrogen-bond donors (Lipinski definition) is 2. The van der Waals surface area contributed by atoms with Crippen molar-refractivity contribution < 1.29 is 4.74 Å². The standard InChI is InChI=1S/C14H22N2O/c1-11(6-8-15)16-10-12-7-9-17-14-5-3-2-4-13(12)14/h2-5,11-12,16H,6-10,15H2,1H3. The highest BCUT2D eigenvalue weighted by Crippen LogP contribution is 2.32. The van der Waals surface area contributed by atoms with Crippen LogP contribution in [0.2, 0.25) is 0 Å². The van der Waals surface area contributed by atoms with E-state index in [0.717, 1.165) is 38.3 Å². The van der Waals surface area contributed by atoms with E-state index in [1.54, 1.807) is 0 Å². The van der Waals surface area contributed by atoms with E-state index >= 15 is 0 Å². The van der Waals surface area contributed by atoms with Crippen LogP contribution in [0.3, 0.4) is 0 Å². The fraction of sp³-hybridized carbons (Fsp3) is 0.571. The average molecular weight is 234 g/mol. The van der Waals surface area contributed by atoms with E-state index in [1.165, 1.54) is 5.56 Å². The van der Waals surface area contributed by atoms with Gasteiger partial charge in [-0.05, 0) is 37.9 Å². The van der Waals surface area contributed by atoms with Crippen molar-refractivity contribution in [2.75, 3.05) is 19.7 Å². The van der Waals surface area contributed by atoms with Crippen LogP contribution in [0.5, 0.6) is 5.75 Å². The van der Waals surface area contributed by atoms with Gasteiger partial charge in [-0.15, -0.1) is 0 Å². The van der Waals surface area contributed by atoms with Gasteiger partial charge in [-0.1, -0.05) is 18.2 Å². The zero-order valence-electron chi connectivity index (χ0n) is 10.5. The summed E-state index contributed by atoms with van der Waals surface area (Å²) in [5, 5.41) is 3.56. The van der Waals surface area contributed by atoms with E-state index in [1.807, 2.05) is 6.07 Å². The van der Waals surface area contributed by atoms with Crippen LogP contribution in [0, 0.1) is 0 Å². The Hall–Kier alpha value is -1.06. The average Bonchev–Trinajstić information content (AvgIpc) is 2.36. The van der Waals surface area contributed by atoms with Gasteiger partial charge in [0.2, 0.25) is 0 Å². The maximum Gasteiger partial charge on any atom is 0.122 e. The van der Waals surface area contributed by atoms with Gasteiger partial charge in [-0.25, -0.2) is 0 Å². The highest BCUT2D eigenvalue weighted by Gasteiger charge is 2.20. The number of ether oxygens (including phenoxy) is 1. The SMILES string of the molecule is CC(CCN)NCC1CCOc2ccccc21. The maximum absolute atomic E-state index is 5.66. The summed E-state index contributed by atoms with van der Waals surface area (Å²) in [5.41, 5.74) is 6.89. The lowest BCUT2D eigenvalue weighted by Gasteiger charge is -2.27. The number of rotatable bonds is 5. The summed E-state index contributed by atoms with van der Waals surface area (Å²) in [5.74, 6) is 1.62. The first-order valence-corrected chi connectivity index (χ1v) is 6.46. The van der Waals surface area contributed by atoms with E-state index in [2.05, 4.69) is 30.4 Å². The van der Waals surface area contributed by atoms with Gasteiger partial charge in [-0.3, -0.25) is 0 Å². The molecule has 0 radical (unpaired) electrons. The van der Waals surface area contributed by atoms with Gasteiger partial charge in [0.25, 0.3) is 0 Å². The summed E-state index contributed by atoms with van der Waals surface area (Å²) in [7, 11) is 0. The Kier molecular flexibility index (Phi) is 4.40. The number of nitrogens with two attached hydrogens (primary N) is 1. The van der Waals surface area contributed by atoms with Crippen molar-refractivity contribution in [1.29, 1.82) is 0 Å². The van der Waals surface area contributed by atoms with E-state index in [-0.39, 0.29) is 0 Å². The van der Waals surface area contributed by atoms with Crippen molar-refractivity contribution in [3.63, 3.8) is 0 Å². The fourth-order valence-electron chi connectivity index (χ4n) is 2.32. The summed E-state index contributed by atoms with van der Waals surface area (Å²) >= 11 is 0. The third kappa shape index (κ3) is 3.20. The predicted molar refractivity (Wildman–Crippen MR) is 70.4 cm³/mol. The molecule has 17 heavy (non-hydrogen) atoms. The van der Waals surface area contributed by atoms with Gasteiger partial charge >= 0.3 is 0 Å². The highest BCUT2D eigenvalue weighted by molar-refractivity contribution is 5.37. The van der Waals surface area contributed by atoms with Crippen molar-refractivity contribution in [2.24, 2.45) is 5.73 Å². The lowest BCUT2D eigenvalue weighted by atomic mass is 9.93. The van der Waals surface area contributed by atoms with Crippen LogP contribution < -0.4 is 15.8 Å². The van der Waals surface area contributed by atoms with Gasteiger partial charge < -0.3 is 15.8 Å². The topological polar surface area (TPSA) is 47.3 Å². The van der Waals surface area contributed by atoms with Crippen LogP contribution in [0.4, 0.5) is 0 Å². The minimum atomic E-state index is 0.495. The van der Waals surface area contributed by atoms with Crippen molar-refractivity contribution in [2.45, 2.75) is 31.7 Å². The lowest BCUT2D eigenvalue weighted by molar-refractivity contribution is 0.262. The molecule has 3 nitrogen and oxygen atoms in total. The molecule has 3 heteroatoms. The Balaban J connectivity index is 1.94. The second-order valence-electron chi connectivity index (χ2n) is 4.76. The summed E-state index contributed by atoms with van der Waals surface area (Å²) in [4.78, 5) is 0. The Labute approximate surface area is 103 Å². The van der Waals surface area contributed by atoms with Crippen LogP contribution in [-0.4, -0.2) is 25.7 Å². The van der Waals surface area contributed by atoms with Gasteiger partial charge in [0, 0.05) is 18.5 Å². The monoisotopic (exact) mass is 234 g/mol. The molecule has 2 rings (SSSR count). The maximum atomic E-state index is 5.66. The largest absolute Gasteiger partial charge is 0.493 e. The quantitative estimate of drug-likeness (QED) is 0.817. The number of nitrogens with one attached hydrogen (secondary N) is 1. The molecule has 3 N–H and O–H groups in total. The highest BCUT2D eigenvalue weighted by atomic mass is 16.5. The molecule has 0 aliphatic carbocycles. The molecule has 0 bridgehead atoms. The molecule has 2 unspecified atom stereocenters. The zero-order valence-corrected chi connectivity index (χ0v) is 10.5. The summed E-state index contributed by atoms with van der Waals surface area (Å²) in [6, 6.07) is 8.85. The molecule has 1 aliphatic heterocycles. The Morgan fingerprint density at radius 1 is 1.47 bits per heavy atom. The van der Waals surface area contributed by atoms with Gasteiger partial charge in [0.1, 0.15) is 5.75 Å². The number of hydrogen-bond acceptors (Lipinski definition) is 3. The molecule has 0 spiro atoms. The molecule has 94 valence electrons. The minimum Gasteiger partial charge on any atom is -0.493 e. The molecule has 1 aliphatic rings. The third-order valence-corrected chi connectivity index (χ3v) is 3.40. The lowest BCUT2D eigenvalue weighted by Crippen LogP contribution is -2.33. The van der Waals surface area contributed by atoms with Crippen LogP contribution in [0.15, 0.2) is 24.3 Å². The van der Waals surface area contributed by atoms with E-state index in [0.29, 0.717) is 12.0 Å². The Bertz CT molecular complexity index is 354. The van der Waals surface area contributed by atoms with Gasteiger partial charge in [0.15, 0.2) is 0 Å². The van der Waals surface area contributed by atoms with Crippen molar-refractivity contribution in [1.82, 2.24) is 5.32 Å². The van der Waals surface area contributed by atoms with Crippen LogP contribution in [0.25, 0.3) is 0 Å². The minimum absolute atomic E-state index is 0.495. The van der Waals surface area contributed by atoms with E-state index in [9.17, 15) is 0 Å². The molecule has 0 saturated heterocycles. The molecular weight excluding hydrogens is 212 g/mol. The molecule has 0 aromatic heterocycles. The number of fused-ring (bicyclic) bond motifs is 1. The second-order valence-corrected chi connectivity index (χ2v) is 4.76. The van der Waals surface area contributed by atoms with Crippen molar-refractivity contribution >= 4 is 0 Å². The fourth-order valence-corrected chi connectivity index (χ4v) is 2.32. The molecule has 1 aromatic rings. The first-order valence-electron chi connectivity index (χ1n) is 6.46. The third-order valence-electron chi connectivity index (χ3n) is 3.40. The van der Waals surface area contributed by atoms with E-state index < -0.39 is 0 Å². The van der Waals surface area contributed by atoms with Crippen LogP contribution in [0.1, 0.15) is 31.2 Å². The van der Waals surface area contributed by atoms with E-state index in [4.69, 9.17) is 10.5 Å². The molecule has 1 heterocycles. The first kappa shape index (κ1) is 12.4. The Morgan fingerprint density at radius 3 is 3.12 bits per heavy atom. The number of benzene rings is 1. The van der Waals surface area contributed by atoms with Crippen molar-refractivity contribution in [3.8, 4) is 5.75 Å². The van der Waals surface area contributed by atoms with Gasteiger partial charge in [0.05, 0.1) is 6.61 Å². The van der Waals surface area contributed by atoms with Crippen molar-refractivity contribution in [3.05, 3.63) is 29.8 Å². The normalized spacial score (nSPS) is 20.5. The molecule has 0 fully saturated rings. The molecular formula is C14H22N2O. The molecule has 0 saturated carbocycles. The van der Waals surface area contributed by atoms with Crippen LogP contribution in [-0.2, 0) is 0 Å². The smallest absolute Gasteiger partial charge is 0.122 e. The molecule has 0 amide bonds. The van der Waals surface area contributed by atoms with Crippen LogP contribution >= 0.6 is 0 Å². The molecule has 1 aromatic carbocycles. The zero-order chi connectivity index (χ0) is 12.1. The summed E-state index contributed by atoms with van der Waals surface area (Å²) in [6.07, 6.45) is 2.13. The second kappa shape index (κ2) is 6.03. The Morgan fingerprint density at radius 2 is 2.29 bits per heavy atom. The first-order chi connectivity index (χ1) is 8.31. The summed E-state index contributed by atoms with van der Waals surface area (Å²) in [6.45, 7) is 4.78.